The molecule has 0 saturated carbocycles. The zero-order valence-electron chi connectivity index (χ0n) is 31.5. The van der Waals surface area contributed by atoms with E-state index in [1.165, 1.54) is 96.0 Å². The maximum absolute atomic E-state index is 12.3. The maximum Gasteiger partial charge on any atom is 0.469 e. The van der Waals surface area contributed by atoms with Crippen molar-refractivity contribution >= 4 is 19.8 Å². The summed E-state index contributed by atoms with van der Waals surface area (Å²) in [6.07, 6.45) is 45.7. The molecule has 0 aliphatic rings. The first-order chi connectivity index (χ1) is 24.3. The summed E-state index contributed by atoms with van der Waals surface area (Å²) in [6.45, 7) is 3.53. The first kappa shape index (κ1) is 47.8. The van der Waals surface area contributed by atoms with Crippen LogP contribution in [-0.4, -0.2) is 41.0 Å². The number of carbonyl (C=O) groups excluding carboxylic acids is 2. The smallest absolute Gasteiger partial charge is 0.462 e. The summed E-state index contributed by atoms with van der Waals surface area (Å²) < 4.78 is 26.1. The maximum atomic E-state index is 12.3. The normalized spacial score (nSPS) is 13.1. The van der Waals surface area contributed by atoms with E-state index in [0.29, 0.717) is 6.42 Å². The number of phosphoric ester groups is 1. The Labute approximate surface area is 305 Å². The number of esters is 2. The molecule has 0 spiro atoms. The van der Waals surface area contributed by atoms with Crippen LogP contribution in [0.4, 0.5) is 0 Å². The zero-order chi connectivity index (χ0) is 36.8. The molecule has 0 saturated heterocycles. The Bertz CT molecular complexity index is 995. The average Bonchev–Trinajstić information content (AvgIpc) is 3.08. The molecule has 0 radical (unpaired) electrons. The first-order valence-electron chi connectivity index (χ1n) is 19.6. The lowest BCUT2D eigenvalue weighted by molar-refractivity contribution is -0.157. The van der Waals surface area contributed by atoms with Gasteiger partial charge in [-0.05, 0) is 57.8 Å². The predicted octanol–water partition coefficient (Wildman–Crippen LogP) is 11.7. The van der Waals surface area contributed by atoms with Gasteiger partial charge in [0.15, 0.2) is 6.10 Å². The molecule has 288 valence electrons. The summed E-state index contributed by atoms with van der Waals surface area (Å²) >= 11 is 0. The predicted molar refractivity (Wildman–Crippen MR) is 207 cm³/mol. The molecule has 0 aliphatic heterocycles. The van der Waals surface area contributed by atoms with Crippen molar-refractivity contribution in [3.63, 3.8) is 0 Å². The molecular formula is C41H71O8P. The van der Waals surface area contributed by atoms with E-state index < -0.39 is 32.5 Å². The summed E-state index contributed by atoms with van der Waals surface area (Å²) in [5.41, 5.74) is 0. The number of ether oxygens (including phenoxy) is 2. The number of phosphoric acid groups is 1. The van der Waals surface area contributed by atoms with Crippen LogP contribution in [0.5, 0.6) is 0 Å². The third kappa shape index (κ3) is 38.6. The Kier molecular flexibility index (Phi) is 34.9. The van der Waals surface area contributed by atoms with E-state index in [1.54, 1.807) is 12.2 Å². The molecule has 0 bridgehead atoms. The van der Waals surface area contributed by atoms with E-state index in [2.05, 4.69) is 54.8 Å². The largest absolute Gasteiger partial charge is 0.469 e. The zero-order valence-corrected chi connectivity index (χ0v) is 32.4. The lowest BCUT2D eigenvalue weighted by Crippen LogP contribution is -2.29. The van der Waals surface area contributed by atoms with Gasteiger partial charge in [0.05, 0.1) is 6.61 Å². The summed E-state index contributed by atoms with van der Waals surface area (Å²) in [5.74, 6) is -1.17. The third-order valence-electron chi connectivity index (χ3n) is 8.12. The van der Waals surface area contributed by atoms with E-state index in [-0.39, 0.29) is 13.0 Å². The lowest BCUT2D eigenvalue weighted by Gasteiger charge is -2.17. The van der Waals surface area contributed by atoms with Gasteiger partial charge in [0.1, 0.15) is 6.61 Å². The number of unbranched alkanes of at least 4 members (excludes halogenated alkanes) is 18. The highest BCUT2D eigenvalue weighted by molar-refractivity contribution is 7.46. The molecule has 2 N–H and O–H groups in total. The molecule has 1 atom stereocenters. The first-order valence-corrected chi connectivity index (χ1v) is 21.2. The van der Waals surface area contributed by atoms with Crippen LogP contribution in [0, 0.1) is 0 Å². The molecule has 0 rings (SSSR count). The van der Waals surface area contributed by atoms with Crippen molar-refractivity contribution in [3.05, 3.63) is 60.8 Å². The van der Waals surface area contributed by atoms with Crippen LogP contribution >= 0.6 is 7.82 Å². The van der Waals surface area contributed by atoms with Crippen molar-refractivity contribution in [1.82, 2.24) is 0 Å². The molecule has 0 heterocycles. The van der Waals surface area contributed by atoms with Gasteiger partial charge in [-0.2, -0.15) is 0 Å². The minimum absolute atomic E-state index is 0.220. The number of carbonyl (C=O) groups is 2. The highest BCUT2D eigenvalue weighted by atomic mass is 31.2. The van der Waals surface area contributed by atoms with Gasteiger partial charge in [0.25, 0.3) is 0 Å². The average molecular weight is 723 g/mol. The SMILES string of the molecule is CCCCC/C=C/C/C=C/C/C=C/CCCCCCC(=O)OC[C@H](COP(=O)(O)O)OC(=O)/C=C/C=C/CCCCCCCCCCCCC. The minimum Gasteiger partial charge on any atom is -0.462 e. The second-order valence-electron chi connectivity index (χ2n) is 13.0. The van der Waals surface area contributed by atoms with Crippen molar-refractivity contribution in [3.8, 4) is 0 Å². The highest BCUT2D eigenvalue weighted by Gasteiger charge is 2.22. The fourth-order valence-electron chi connectivity index (χ4n) is 5.17. The fourth-order valence-corrected chi connectivity index (χ4v) is 5.53. The molecule has 0 amide bonds. The van der Waals surface area contributed by atoms with Gasteiger partial charge in [-0.3, -0.25) is 9.32 Å². The van der Waals surface area contributed by atoms with Crippen LogP contribution in [0.25, 0.3) is 0 Å². The number of hydrogen-bond acceptors (Lipinski definition) is 6. The summed E-state index contributed by atoms with van der Waals surface area (Å²) in [7, 11) is -4.78. The van der Waals surface area contributed by atoms with Gasteiger partial charge in [-0.25, -0.2) is 9.36 Å². The van der Waals surface area contributed by atoms with Crippen molar-refractivity contribution < 1.29 is 37.9 Å². The Morgan fingerprint density at radius 3 is 1.60 bits per heavy atom. The van der Waals surface area contributed by atoms with Crippen molar-refractivity contribution in [2.45, 2.75) is 174 Å². The molecule has 0 aromatic carbocycles. The van der Waals surface area contributed by atoms with E-state index in [9.17, 15) is 14.2 Å². The molecule has 8 nitrogen and oxygen atoms in total. The van der Waals surface area contributed by atoms with Gasteiger partial charge in [-0.1, -0.05) is 158 Å². The quantitative estimate of drug-likeness (QED) is 0.0166. The number of allylic oxidation sites excluding steroid dienone is 9. The van der Waals surface area contributed by atoms with Gasteiger partial charge < -0.3 is 19.3 Å². The van der Waals surface area contributed by atoms with Gasteiger partial charge >= 0.3 is 19.8 Å². The van der Waals surface area contributed by atoms with E-state index in [0.717, 1.165) is 51.4 Å². The lowest BCUT2D eigenvalue weighted by atomic mass is 10.1. The Morgan fingerprint density at radius 1 is 0.580 bits per heavy atom. The van der Waals surface area contributed by atoms with Crippen molar-refractivity contribution in [2.75, 3.05) is 13.2 Å². The Balaban J connectivity index is 4.10. The van der Waals surface area contributed by atoms with E-state index >= 15 is 0 Å². The molecule has 9 heteroatoms. The second kappa shape index (κ2) is 36.5. The number of rotatable bonds is 35. The Morgan fingerprint density at radius 2 is 1.04 bits per heavy atom. The highest BCUT2D eigenvalue weighted by Crippen LogP contribution is 2.35. The van der Waals surface area contributed by atoms with Crippen LogP contribution in [0.2, 0.25) is 0 Å². The second-order valence-corrected chi connectivity index (χ2v) is 14.2. The molecule has 50 heavy (non-hydrogen) atoms. The standard InChI is InChI=1S/C41H71O8P/c1-3-5-7-9-11-13-15-17-19-20-22-23-25-27-29-31-33-35-40(42)47-37-39(38-48-50(44,45)46)49-41(43)36-34-32-30-28-26-24-21-18-16-14-12-10-8-6-4-2/h11,13,17,19,22-23,30,32,34,36,39H,3-10,12,14-16,18,20-21,24-29,31,33,35,37-38H2,1-2H3,(H2,44,45,46)/b13-11+,19-17+,23-22+,32-30+,36-34+/t39-/m1/s1. The van der Waals surface area contributed by atoms with Gasteiger partial charge in [0.2, 0.25) is 0 Å². The van der Waals surface area contributed by atoms with Crippen LogP contribution in [0.1, 0.15) is 168 Å². The molecule has 0 fully saturated rings. The van der Waals surface area contributed by atoms with Crippen LogP contribution in [-0.2, 0) is 28.2 Å². The fraction of sp³-hybridized carbons (Fsp3) is 0.707. The van der Waals surface area contributed by atoms with Gasteiger partial charge in [-0.15, -0.1) is 0 Å². The summed E-state index contributed by atoms with van der Waals surface area (Å²) in [6, 6.07) is 0. The van der Waals surface area contributed by atoms with E-state index in [1.807, 2.05) is 6.08 Å². The van der Waals surface area contributed by atoms with Crippen LogP contribution in [0.3, 0.4) is 0 Å². The van der Waals surface area contributed by atoms with Crippen molar-refractivity contribution in [2.24, 2.45) is 0 Å². The van der Waals surface area contributed by atoms with E-state index in [4.69, 9.17) is 19.3 Å². The summed E-state index contributed by atoms with van der Waals surface area (Å²) in [4.78, 5) is 42.6. The monoisotopic (exact) mass is 722 g/mol. The van der Waals surface area contributed by atoms with Crippen LogP contribution in [0.15, 0.2) is 60.8 Å². The molecule has 0 aromatic heterocycles. The molecular weight excluding hydrogens is 651 g/mol. The van der Waals surface area contributed by atoms with Gasteiger partial charge in [0, 0.05) is 12.5 Å². The van der Waals surface area contributed by atoms with Crippen molar-refractivity contribution in [1.29, 1.82) is 0 Å². The summed E-state index contributed by atoms with van der Waals surface area (Å²) in [5, 5.41) is 0. The topological polar surface area (TPSA) is 119 Å². The molecule has 0 aromatic rings. The third-order valence-corrected chi connectivity index (χ3v) is 8.60. The van der Waals surface area contributed by atoms with Crippen LogP contribution < -0.4 is 0 Å². The number of hydrogen-bond donors (Lipinski definition) is 2. The Hall–Kier alpha value is -2.25. The molecule has 0 unspecified atom stereocenters. The molecule has 0 aliphatic carbocycles. The minimum atomic E-state index is -4.78.